The van der Waals surface area contributed by atoms with Crippen molar-refractivity contribution in [1.29, 1.82) is 0 Å². The molecule has 0 heterocycles. The van der Waals surface area contributed by atoms with Gasteiger partial charge in [-0.1, -0.05) is 49.6 Å². The van der Waals surface area contributed by atoms with Crippen molar-refractivity contribution >= 4 is 17.7 Å². The quantitative estimate of drug-likeness (QED) is 0.714. The van der Waals surface area contributed by atoms with Crippen LogP contribution in [0.15, 0.2) is 60.7 Å². The van der Waals surface area contributed by atoms with Gasteiger partial charge < -0.3 is 9.64 Å². The Hall–Kier alpha value is -2.55. The van der Waals surface area contributed by atoms with Crippen LogP contribution in [0.4, 0.5) is 5.69 Å². The highest BCUT2D eigenvalue weighted by Gasteiger charge is 2.25. The number of anilines is 1. The molecule has 1 amide bonds. The van der Waals surface area contributed by atoms with E-state index < -0.39 is 0 Å². The lowest BCUT2D eigenvalue weighted by molar-refractivity contribution is -0.114. The second-order valence-corrected chi connectivity index (χ2v) is 6.44. The van der Waals surface area contributed by atoms with Gasteiger partial charge in [0, 0.05) is 17.8 Å². The molecule has 1 saturated carbocycles. The Morgan fingerprint density at radius 2 is 1.68 bits per heavy atom. The summed E-state index contributed by atoms with van der Waals surface area (Å²) < 4.78 is 5.17. The van der Waals surface area contributed by atoms with Crippen LogP contribution in [0.3, 0.4) is 0 Å². The number of ether oxygens (including phenoxy) is 1. The molecule has 3 nitrogen and oxygen atoms in total. The lowest BCUT2D eigenvalue weighted by atomic mass is 9.93. The maximum Gasteiger partial charge on any atom is 0.251 e. The molecular formula is C22H25NO2. The molecule has 0 bridgehead atoms. The van der Waals surface area contributed by atoms with Crippen LogP contribution in [0.5, 0.6) is 5.75 Å². The summed E-state index contributed by atoms with van der Waals surface area (Å²) in [5, 5.41) is 0. The largest absolute Gasteiger partial charge is 0.497 e. The third-order valence-electron chi connectivity index (χ3n) is 4.75. The third kappa shape index (κ3) is 4.50. The molecule has 0 atom stereocenters. The summed E-state index contributed by atoms with van der Waals surface area (Å²) in [7, 11) is 1.65. The molecule has 2 aromatic carbocycles. The predicted molar refractivity (Wildman–Crippen MR) is 103 cm³/mol. The van der Waals surface area contributed by atoms with Gasteiger partial charge in [0.1, 0.15) is 5.75 Å². The van der Waals surface area contributed by atoms with Crippen molar-refractivity contribution in [3.63, 3.8) is 0 Å². The topological polar surface area (TPSA) is 29.5 Å². The highest BCUT2D eigenvalue weighted by Crippen LogP contribution is 2.27. The summed E-state index contributed by atoms with van der Waals surface area (Å²) in [6, 6.07) is 18.0. The van der Waals surface area contributed by atoms with Gasteiger partial charge >= 0.3 is 0 Å². The van der Waals surface area contributed by atoms with E-state index in [4.69, 9.17) is 4.74 Å². The average Bonchev–Trinajstić information content (AvgIpc) is 2.69. The summed E-state index contributed by atoms with van der Waals surface area (Å²) in [6.45, 7) is 0. The Balaban J connectivity index is 1.79. The highest BCUT2D eigenvalue weighted by atomic mass is 16.5. The van der Waals surface area contributed by atoms with Crippen molar-refractivity contribution in [2.24, 2.45) is 0 Å². The van der Waals surface area contributed by atoms with Crippen molar-refractivity contribution < 1.29 is 9.53 Å². The normalized spacial score (nSPS) is 15.2. The summed E-state index contributed by atoms with van der Waals surface area (Å²) in [5.41, 5.74) is 1.98. The zero-order valence-corrected chi connectivity index (χ0v) is 14.7. The minimum Gasteiger partial charge on any atom is -0.497 e. The van der Waals surface area contributed by atoms with Crippen LogP contribution in [0.2, 0.25) is 0 Å². The van der Waals surface area contributed by atoms with Gasteiger partial charge in [-0.15, -0.1) is 0 Å². The van der Waals surface area contributed by atoms with Crippen molar-refractivity contribution in [3.05, 3.63) is 66.2 Å². The second kappa shape index (κ2) is 8.52. The Labute approximate surface area is 149 Å². The van der Waals surface area contributed by atoms with Gasteiger partial charge in [0.15, 0.2) is 0 Å². The number of amides is 1. The van der Waals surface area contributed by atoms with Crippen molar-refractivity contribution in [2.75, 3.05) is 12.0 Å². The third-order valence-corrected chi connectivity index (χ3v) is 4.75. The molecule has 1 aliphatic rings. The fraction of sp³-hybridized carbons (Fsp3) is 0.318. The summed E-state index contributed by atoms with van der Waals surface area (Å²) >= 11 is 0. The monoisotopic (exact) mass is 335 g/mol. The molecule has 0 aliphatic heterocycles. The van der Waals surface area contributed by atoms with Crippen LogP contribution in [0.1, 0.15) is 37.7 Å². The van der Waals surface area contributed by atoms with Crippen LogP contribution < -0.4 is 9.64 Å². The van der Waals surface area contributed by atoms with E-state index in [9.17, 15) is 4.79 Å². The summed E-state index contributed by atoms with van der Waals surface area (Å²) in [6.07, 6.45) is 9.39. The maximum atomic E-state index is 13.0. The Kier molecular flexibility index (Phi) is 5.89. The van der Waals surface area contributed by atoms with E-state index in [1.807, 2.05) is 65.6 Å². The number of nitrogens with zero attached hydrogens (tertiary/aromatic N) is 1. The lowest BCUT2D eigenvalue weighted by Gasteiger charge is -2.33. The minimum absolute atomic E-state index is 0.0499. The molecule has 3 rings (SSSR count). The summed E-state index contributed by atoms with van der Waals surface area (Å²) in [4.78, 5) is 14.9. The molecule has 0 aromatic heterocycles. The number of rotatable bonds is 5. The van der Waals surface area contributed by atoms with Crippen LogP contribution in [-0.2, 0) is 4.79 Å². The number of carbonyl (C=O) groups excluding carboxylic acids is 1. The molecule has 0 N–H and O–H groups in total. The van der Waals surface area contributed by atoms with E-state index in [1.54, 1.807) is 13.2 Å². The molecule has 3 heteroatoms. The van der Waals surface area contributed by atoms with Gasteiger partial charge in [0.05, 0.1) is 7.11 Å². The summed E-state index contributed by atoms with van der Waals surface area (Å²) in [5.74, 6) is 0.866. The standard InChI is InChI=1S/C22H25NO2/c1-25-21-15-12-18(13-16-21)14-17-22(24)23(19-8-4-2-5-9-19)20-10-6-3-7-11-20/h2,4-5,8-9,12-17,20H,3,6-7,10-11H2,1H3. The minimum atomic E-state index is 0.0499. The number of methoxy groups -OCH3 is 1. The molecule has 0 radical (unpaired) electrons. The Morgan fingerprint density at radius 1 is 1.00 bits per heavy atom. The van der Waals surface area contributed by atoms with E-state index in [-0.39, 0.29) is 5.91 Å². The second-order valence-electron chi connectivity index (χ2n) is 6.44. The van der Waals surface area contributed by atoms with Gasteiger partial charge in [-0.25, -0.2) is 0 Å². The maximum absolute atomic E-state index is 13.0. The first kappa shape index (κ1) is 17.3. The van der Waals surface area contributed by atoms with Gasteiger partial charge in [-0.2, -0.15) is 0 Å². The molecule has 0 unspecified atom stereocenters. The highest BCUT2D eigenvalue weighted by molar-refractivity contribution is 6.04. The molecule has 1 fully saturated rings. The van der Waals surface area contributed by atoms with Crippen LogP contribution in [0.25, 0.3) is 6.08 Å². The fourth-order valence-corrected chi connectivity index (χ4v) is 3.41. The average molecular weight is 335 g/mol. The first-order chi connectivity index (χ1) is 12.3. The molecule has 0 spiro atoms. The lowest BCUT2D eigenvalue weighted by Crippen LogP contribution is -2.40. The van der Waals surface area contributed by atoms with Crippen molar-refractivity contribution in [1.82, 2.24) is 0 Å². The SMILES string of the molecule is COc1ccc(C=CC(=O)N(c2ccccc2)C2CCCCC2)cc1. The van der Waals surface area contributed by atoms with Crippen LogP contribution in [-0.4, -0.2) is 19.1 Å². The van der Waals surface area contributed by atoms with E-state index >= 15 is 0 Å². The van der Waals surface area contributed by atoms with E-state index in [1.165, 1.54) is 19.3 Å². The number of para-hydroxylation sites is 1. The predicted octanol–water partition coefficient (Wildman–Crippen LogP) is 5.07. The Morgan fingerprint density at radius 3 is 2.32 bits per heavy atom. The zero-order valence-electron chi connectivity index (χ0n) is 14.7. The molecule has 1 aliphatic carbocycles. The number of benzene rings is 2. The molecule has 0 saturated heterocycles. The van der Waals surface area contributed by atoms with Crippen LogP contribution >= 0.6 is 0 Å². The number of carbonyl (C=O) groups is 1. The van der Waals surface area contributed by atoms with Gasteiger partial charge in [-0.3, -0.25) is 4.79 Å². The molecule has 25 heavy (non-hydrogen) atoms. The molecule has 2 aromatic rings. The fourth-order valence-electron chi connectivity index (χ4n) is 3.41. The first-order valence-corrected chi connectivity index (χ1v) is 8.98. The van der Waals surface area contributed by atoms with Crippen molar-refractivity contribution in [3.8, 4) is 5.75 Å². The number of hydrogen-bond donors (Lipinski definition) is 0. The number of hydrogen-bond acceptors (Lipinski definition) is 2. The van der Waals surface area contributed by atoms with Gasteiger partial charge in [-0.05, 0) is 48.7 Å². The van der Waals surface area contributed by atoms with E-state index in [2.05, 4.69) is 0 Å². The zero-order chi connectivity index (χ0) is 17.5. The Bertz CT molecular complexity index is 701. The van der Waals surface area contributed by atoms with Gasteiger partial charge in [0.2, 0.25) is 0 Å². The first-order valence-electron chi connectivity index (χ1n) is 8.98. The van der Waals surface area contributed by atoms with E-state index in [0.717, 1.165) is 29.8 Å². The molecular weight excluding hydrogens is 310 g/mol. The van der Waals surface area contributed by atoms with Gasteiger partial charge in [0.25, 0.3) is 5.91 Å². The smallest absolute Gasteiger partial charge is 0.251 e. The van der Waals surface area contributed by atoms with Crippen molar-refractivity contribution in [2.45, 2.75) is 38.1 Å². The van der Waals surface area contributed by atoms with Crippen LogP contribution in [0, 0.1) is 0 Å². The molecule has 130 valence electrons. The van der Waals surface area contributed by atoms with E-state index in [0.29, 0.717) is 6.04 Å².